The van der Waals surface area contributed by atoms with Crippen LogP contribution in [0.2, 0.25) is 0 Å². The molecule has 0 aromatic heterocycles. The minimum absolute atomic E-state index is 0.205. The van der Waals surface area contributed by atoms with Crippen LogP contribution < -0.4 is 5.32 Å². The molecule has 1 saturated heterocycles. The van der Waals surface area contributed by atoms with Crippen LogP contribution in [-0.2, 0) is 17.5 Å². The van der Waals surface area contributed by atoms with Gasteiger partial charge < -0.3 is 10.1 Å². The average molecular weight is 349 g/mol. The summed E-state index contributed by atoms with van der Waals surface area (Å²) in [5.41, 5.74) is 0.924. The lowest BCUT2D eigenvalue weighted by Crippen LogP contribution is -2.29. The zero-order chi connectivity index (χ0) is 17.7. The van der Waals surface area contributed by atoms with Crippen LogP contribution in [0.4, 0.5) is 13.2 Å². The van der Waals surface area contributed by atoms with Crippen LogP contribution in [0.5, 0.6) is 0 Å². The molecule has 0 spiro atoms. The second-order valence-corrected chi connectivity index (χ2v) is 6.45. The van der Waals surface area contributed by atoms with Crippen LogP contribution in [0.25, 0.3) is 11.1 Å². The first-order chi connectivity index (χ1) is 12.0. The second-order valence-electron chi connectivity index (χ2n) is 6.45. The Morgan fingerprint density at radius 2 is 1.72 bits per heavy atom. The molecule has 2 aromatic carbocycles. The van der Waals surface area contributed by atoms with E-state index in [-0.39, 0.29) is 5.56 Å². The van der Waals surface area contributed by atoms with Crippen LogP contribution in [0.15, 0.2) is 48.5 Å². The highest BCUT2D eigenvalue weighted by molar-refractivity contribution is 5.68. The number of hydrogen-bond acceptors (Lipinski definition) is 2. The molecule has 0 unspecified atom stereocenters. The van der Waals surface area contributed by atoms with E-state index in [1.54, 1.807) is 36.4 Å². The third-order valence-corrected chi connectivity index (χ3v) is 4.56. The van der Waals surface area contributed by atoms with Gasteiger partial charge in [0.25, 0.3) is 0 Å². The summed E-state index contributed by atoms with van der Waals surface area (Å²) < 4.78 is 45.7. The van der Waals surface area contributed by atoms with E-state index in [4.69, 9.17) is 4.74 Å². The number of ether oxygens (including phenoxy) is 1. The highest BCUT2D eigenvalue weighted by Crippen LogP contribution is 2.37. The molecule has 25 heavy (non-hydrogen) atoms. The zero-order valence-electron chi connectivity index (χ0n) is 14.0. The van der Waals surface area contributed by atoms with Crippen LogP contribution in [0, 0.1) is 5.92 Å². The molecule has 0 radical (unpaired) electrons. The molecule has 2 nitrogen and oxygen atoms in total. The van der Waals surface area contributed by atoms with Crippen molar-refractivity contribution in [2.75, 3.05) is 19.7 Å². The number of benzene rings is 2. The number of rotatable bonds is 5. The summed E-state index contributed by atoms with van der Waals surface area (Å²) in [6.45, 7) is 3.00. The van der Waals surface area contributed by atoms with Gasteiger partial charge in [0.2, 0.25) is 0 Å². The van der Waals surface area contributed by atoms with E-state index in [0.29, 0.717) is 24.7 Å². The van der Waals surface area contributed by atoms with E-state index >= 15 is 0 Å². The van der Waals surface area contributed by atoms with Gasteiger partial charge in [0.15, 0.2) is 0 Å². The lowest BCUT2D eigenvalue weighted by molar-refractivity contribution is -0.137. The van der Waals surface area contributed by atoms with Crippen molar-refractivity contribution in [3.63, 3.8) is 0 Å². The predicted molar refractivity (Wildman–Crippen MR) is 92.1 cm³/mol. The van der Waals surface area contributed by atoms with Crippen LogP contribution in [-0.4, -0.2) is 19.7 Å². The van der Waals surface area contributed by atoms with Crippen molar-refractivity contribution in [1.82, 2.24) is 5.32 Å². The fourth-order valence-electron chi connectivity index (χ4n) is 3.18. The highest BCUT2D eigenvalue weighted by atomic mass is 19.4. The van der Waals surface area contributed by atoms with Crippen LogP contribution in [0.3, 0.4) is 0 Å². The highest BCUT2D eigenvalue weighted by Gasteiger charge is 2.33. The first-order valence-corrected chi connectivity index (χ1v) is 8.58. The first-order valence-electron chi connectivity index (χ1n) is 8.58. The lowest BCUT2D eigenvalue weighted by atomic mass is 9.97. The molecule has 2 aromatic rings. The smallest absolute Gasteiger partial charge is 0.376 e. The first kappa shape index (κ1) is 18.0. The van der Waals surface area contributed by atoms with E-state index in [1.165, 1.54) is 6.07 Å². The van der Waals surface area contributed by atoms with Crippen molar-refractivity contribution in [2.24, 2.45) is 5.92 Å². The quantitative estimate of drug-likeness (QED) is 0.830. The maximum Gasteiger partial charge on any atom is 0.417 e. The number of halogens is 3. The largest absolute Gasteiger partial charge is 0.417 e. The summed E-state index contributed by atoms with van der Waals surface area (Å²) in [4.78, 5) is 0. The van der Waals surface area contributed by atoms with Crippen LogP contribution in [0.1, 0.15) is 24.0 Å². The molecule has 0 bridgehead atoms. The fourth-order valence-corrected chi connectivity index (χ4v) is 3.18. The van der Waals surface area contributed by atoms with E-state index in [1.807, 2.05) is 0 Å². The van der Waals surface area contributed by atoms with Gasteiger partial charge in [-0.25, -0.2) is 0 Å². The van der Waals surface area contributed by atoms with Gasteiger partial charge in [0.1, 0.15) is 0 Å². The Labute approximate surface area is 146 Å². The van der Waals surface area contributed by atoms with E-state index in [2.05, 4.69) is 5.32 Å². The van der Waals surface area contributed by atoms with Gasteiger partial charge >= 0.3 is 6.18 Å². The molecule has 1 N–H and O–H groups in total. The fraction of sp³-hybridized carbons (Fsp3) is 0.400. The molecule has 0 amide bonds. The summed E-state index contributed by atoms with van der Waals surface area (Å²) in [5.74, 6) is 0.532. The molecular formula is C20H22F3NO. The van der Waals surface area contributed by atoms with Gasteiger partial charge in [-0.3, -0.25) is 0 Å². The molecule has 0 atom stereocenters. The standard InChI is InChI=1S/C20H22F3NO/c21-20(22,23)19-7-6-16(12-18(19)17-4-2-1-3-5-17)14-25-13-15-8-10-24-11-9-15/h1-7,12,15,24H,8-11,13-14H2. The van der Waals surface area contributed by atoms with E-state index in [0.717, 1.165) is 37.6 Å². The molecular weight excluding hydrogens is 327 g/mol. The van der Waals surface area contributed by atoms with Crippen molar-refractivity contribution in [3.8, 4) is 11.1 Å². The van der Waals surface area contributed by atoms with Gasteiger partial charge in [-0.15, -0.1) is 0 Å². The minimum atomic E-state index is -4.38. The Balaban J connectivity index is 1.74. The van der Waals surface area contributed by atoms with E-state index < -0.39 is 11.7 Å². The Morgan fingerprint density at radius 3 is 2.40 bits per heavy atom. The molecule has 134 valence electrons. The normalized spacial score (nSPS) is 16.1. The van der Waals surface area contributed by atoms with Crippen molar-refractivity contribution in [1.29, 1.82) is 0 Å². The summed E-state index contributed by atoms with van der Waals surface area (Å²) in [6, 6.07) is 13.0. The Kier molecular flexibility index (Phi) is 5.76. The number of nitrogens with one attached hydrogen (secondary N) is 1. The van der Waals surface area contributed by atoms with Gasteiger partial charge in [-0.1, -0.05) is 36.4 Å². The SMILES string of the molecule is FC(F)(F)c1ccc(COCC2CCNCC2)cc1-c1ccccc1. The summed E-state index contributed by atoms with van der Waals surface area (Å²) in [7, 11) is 0. The Morgan fingerprint density at radius 1 is 1.00 bits per heavy atom. The molecule has 0 aliphatic carbocycles. The zero-order valence-corrected chi connectivity index (χ0v) is 14.0. The average Bonchev–Trinajstić information content (AvgIpc) is 2.62. The minimum Gasteiger partial charge on any atom is -0.376 e. The molecule has 3 rings (SSSR count). The number of alkyl halides is 3. The maximum atomic E-state index is 13.3. The molecule has 1 heterocycles. The Hall–Kier alpha value is -1.85. The van der Waals surface area contributed by atoms with Gasteiger partial charge in [-0.05, 0) is 60.7 Å². The molecule has 0 saturated carbocycles. The third-order valence-electron chi connectivity index (χ3n) is 4.56. The molecule has 5 heteroatoms. The van der Waals surface area contributed by atoms with Gasteiger partial charge in [-0.2, -0.15) is 13.2 Å². The Bertz CT molecular complexity index is 679. The van der Waals surface area contributed by atoms with Gasteiger partial charge in [0, 0.05) is 6.61 Å². The monoisotopic (exact) mass is 349 g/mol. The van der Waals surface area contributed by atoms with Crippen molar-refractivity contribution in [2.45, 2.75) is 25.6 Å². The molecule has 1 aliphatic heterocycles. The summed E-state index contributed by atoms with van der Waals surface area (Å²) >= 11 is 0. The summed E-state index contributed by atoms with van der Waals surface area (Å²) in [6.07, 6.45) is -2.20. The second kappa shape index (κ2) is 8.02. The molecule has 1 fully saturated rings. The van der Waals surface area contributed by atoms with Crippen molar-refractivity contribution >= 4 is 0 Å². The van der Waals surface area contributed by atoms with E-state index in [9.17, 15) is 13.2 Å². The van der Waals surface area contributed by atoms with Crippen LogP contribution >= 0.6 is 0 Å². The third kappa shape index (κ3) is 4.83. The van der Waals surface area contributed by atoms with Crippen molar-refractivity contribution in [3.05, 3.63) is 59.7 Å². The summed E-state index contributed by atoms with van der Waals surface area (Å²) in [5, 5.41) is 3.31. The molecule has 1 aliphatic rings. The van der Waals surface area contributed by atoms with Crippen molar-refractivity contribution < 1.29 is 17.9 Å². The number of piperidine rings is 1. The number of hydrogen-bond donors (Lipinski definition) is 1. The maximum absolute atomic E-state index is 13.3. The predicted octanol–water partition coefficient (Wildman–Crippen LogP) is 4.89. The topological polar surface area (TPSA) is 21.3 Å². The van der Waals surface area contributed by atoms with Gasteiger partial charge in [0.05, 0.1) is 12.2 Å². The lowest BCUT2D eigenvalue weighted by Gasteiger charge is -2.22.